The number of hydrogen-bond donors (Lipinski definition) is 2. The maximum absolute atomic E-state index is 13.5. The number of halogens is 2. The minimum atomic E-state index is -0.597. The summed E-state index contributed by atoms with van der Waals surface area (Å²) in [5.41, 5.74) is 0.987. The Bertz CT molecular complexity index is 756. The second-order valence-electron chi connectivity index (χ2n) is 4.75. The molecular weight excluding hydrogens is 302 g/mol. The van der Waals surface area contributed by atoms with Gasteiger partial charge in [-0.2, -0.15) is 0 Å². The summed E-state index contributed by atoms with van der Waals surface area (Å²) in [5.74, 6) is -1.80. The van der Waals surface area contributed by atoms with Gasteiger partial charge < -0.3 is 10.6 Å². The van der Waals surface area contributed by atoms with Crippen molar-refractivity contribution in [3.8, 4) is 0 Å². The van der Waals surface area contributed by atoms with Gasteiger partial charge in [0.15, 0.2) is 0 Å². The monoisotopic (exact) mass is 316 g/mol. The van der Waals surface area contributed by atoms with E-state index in [4.69, 9.17) is 0 Å². The highest BCUT2D eigenvalue weighted by Crippen LogP contribution is 2.19. The molecule has 6 heteroatoms. The van der Waals surface area contributed by atoms with Gasteiger partial charge in [0.25, 0.3) is 0 Å². The molecule has 2 aromatic carbocycles. The van der Waals surface area contributed by atoms with E-state index in [1.54, 1.807) is 0 Å². The fraction of sp³-hybridized carbons (Fsp3) is 0.0588. The van der Waals surface area contributed by atoms with Crippen LogP contribution in [0.4, 0.5) is 20.2 Å². The van der Waals surface area contributed by atoms with E-state index >= 15 is 0 Å². The van der Waals surface area contributed by atoms with Crippen molar-refractivity contribution in [3.05, 3.63) is 65.7 Å². The molecule has 0 spiro atoms. The number of carbonyl (C=O) groups is 2. The molecule has 0 aliphatic carbocycles. The van der Waals surface area contributed by atoms with Crippen molar-refractivity contribution in [1.82, 2.24) is 0 Å². The summed E-state index contributed by atoms with van der Waals surface area (Å²) in [6.45, 7) is 1.26. The lowest BCUT2D eigenvalue weighted by atomic mass is 10.2. The van der Waals surface area contributed by atoms with Crippen LogP contribution in [0.1, 0.15) is 12.5 Å². The number of hydrogen-bond acceptors (Lipinski definition) is 2. The van der Waals surface area contributed by atoms with Gasteiger partial charge in [-0.05, 0) is 42.0 Å². The Balaban J connectivity index is 2.05. The first-order valence-electron chi connectivity index (χ1n) is 6.76. The van der Waals surface area contributed by atoms with Gasteiger partial charge in [-0.1, -0.05) is 12.1 Å². The SMILES string of the molecule is CC(=O)Nc1cc(NC(=O)/C=C/c2ccc(F)cc2)ccc1F. The summed E-state index contributed by atoms with van der Waals surface area (Å²) in [6, 6.07) is 9.49. The van der Waals surface area contributed by atoms with Crippen molar-refractivity contribution >= 4 is 29.3 Å². The molecule has 0 aliphatic rings. The standard InChI is InChI=1S/C17H14F2N2O2/c1-11(22)20-16-10-14(7-8-15(16)19)21-17(23)9-4-12-2-5-13(18)6-3-12/h2-10H,1H3,(H,20,22)(H,21,23)/b9-4+. The van der Waals surface area contributed by atoms with Crippen LogP contribution in [-0.4, -0.2) is 11.8 Å². The zero-order valence-electron chi connectivity index (χ0n) is 12.3. The summed E-state index contributed by atoms with van der Waals surface area (Å²) < 4.78 is 26.3. The van der Waals surface area contributed by atoms with Crippen LogP contribution in [0, 0.1) is 11.6 Å². The Labute approximate surface area is 131 Å². The summed E-state index contributed by atoms with van der Waals surface area (Å²) in [4.78, 5) is 22.8. The number of benzene rings is 2. The van der Waals surface area contributed by atoms with Gasteiger partial charge in [0.2, 0.25) is 11.8 Å². The molecule has 0 aliphatic heterocycles. The van der Waals surface area contributed by atoms with E-state index in [9.17, 15) is 18.4 Å². The first-order chi connectivity index (χ1) is 10.9. The summed E-state index contributed by atoms with van der Waals surface area (Å²) in [6.07, 6.45) is 2.79. The lowest BCUT2D eigenvalue weighted by Gasteiger charge is -2.07. The van der Waals surface area contributed by atoms with Crippen LogP contribution < -0.4 is 10.6 Å². The smallest absolute Gasteiger partial charge is 0.248 e. The lowest BCUT2D eigenvalue weighted by molar-refractivity contribution is -0.114. The second kappa shape index (κ2) is 7.31. The zero-order valence-corrected chi connectivity index (χ0v) is 12.3. The van der Waals surface area contributed by atoms with E-state index < -0.39 is 17.6 Å². The molecule has 0 bridgehead atoms. The molecule has 0 fully saturated rings. The third-order valence-corrected chi connectivity index (χ3v) is 2.84. The van der Waals surface area contributed by atoms with Gasteiger partial charge in [0.05, 0.1) is 5.69 Å². The molecule has 0 radical (unpaired) electrons. The number of rotatable bonds is 4. The normalized spacial score (nSPS) is 10.6. The van der Waals surface area contributed by atoms with Gasteiger partial charge >= 0.3 is 0 Å². The Morgan fingerprint density at radius 1 is 1.00 bits per heavy atom. The highest BCUT2D eigenvalue weighted by Gasteiger charge is 2.06. The molecule has 0 aromatic heterocycles. The molecule has 2 N–H and O–H groups in total. The first-order valence-corrected chi connectivity index (χ1v) is 6.76. The van der Waals surface area contributed by atoms with Crippen LogP contribution >= 0.6 is 0 Å². The van der Waals surface area contributed by atoms with Crippen LogP contribution in [0.25, 0.3) is 6.08 Å². The van der Waals surface area contributed by atoms with Crippen molar-refractivity contribution < 1.29 is 18.4 Å². The van der Waals surface area contributed by atoms with Crippen molar-refractivity contribution in [2.24, 2.45) is 0 Å². The van der Waals surface area contributed by atoms with E-state index in [0.717, 1.165) is 6.07 Å². The molecule has 2 rings (SSSR count). The minimum absolute atomic E-state index is 0.0159. The first kappa shape index (κ1) is 16.4. The fourth-order valence-corrected chi connectivity index (χ4v) is 1.82. The predicted molar refractivity (Wildman–Crippen MR) is 84.8 cm³/mol. The largest absolute Gasteiger partial charge is 0.324 e. The van der Waals surface area contributed by atoms with Crippen LogP contribution in [0.15, 0.2) is 48.5 Å². The van der Waals surface area contributed by atoms with Gasteiger partial charge in [-0.15, -0.1) is 0 Å². The number of amides is 2. The van der Waals surface area contributed by atoms with Crippen LogP contribution in [0.2, 0.25) is 0 Å². The maximum atomic E-state index is 13.5. The molecule has 2 aromatic rings. The predicted octanol–water partition coefficient (Wildman–Crippen LogP) is 3.58. The quantitative estimate of drug-likeness (QED) is 0.847. The van der Waals surface area contributed by atoms with Crippen molar-refractivity contribution in [3.63, 3.8) is 0 Å². The minimum Gasteiger partial charge on any atom is -0.324 e. The molecule has 0 unspecified atom stereocenters. The summed E-state index contributed by atoms with van der Waals surface area (Å²) >= 11 is 0. The number of anilines is 2. The Morgan fingerprint density at radius 2 is 1.70 bits per heavy atom. The Kier molecular flexibility index (Phi) is 5.19. The summed E-state index contributed by atoms with van der Waals surface area (Å²) in [7, 11) is 0. The van der Waals surface area contributed by atoms with Crippen LogP contribution in [-0.2, 0) is 9.59 Å². The van der Waals surface area contributed by atoms with Crippen molar-refractivity contribution in [2.75, 3.05) is 10.6 Å². The third-order valence-electron chi connectivity index (χ3n) is 2.84. The fourth-order valence-electron chi connectivity index (χ4n) is 1.82. The zero-order chi connectivity index (χ0) is 16.8. The van der Waals surface area contributed by atoms with Gasteiger partial charge in [0.1, 0.15) is 11.6 Å². The van der Waals surface area contributed by atoms with E-state index in [1.807, 2.05) is 0 Å². The molecule has 2 amide bonds. The average molecular weight is 316 g/mol. The van der Waals surface area contributed by atoms with E-state index in [-0.39, 0.29) is 11.5 Å². The highest BCUT2D eigenvalue weighted by molar-refractivity contribution is 6.02. The molecule has 0 heterocycles. The molecular formula is C17H14F2N2O2. The lowest BCUT2D eigenvalue weighted by Crippen LogP contribution is -2.10. The molecule has 118 valence electrons. The van der Waals surface area contributed by atoms with Gasteiger partial charge in [-0.25, -0.2) is 8.78 Å². The average Bonchev–Trinajstić information content (AvgIpc) is 2.49. The number of carbonyl (C=O) groups excluding carboxylic acids is 2. The summed E-state index contributed by atoms with van der Waals surface area (Å²) in [5, 5.41) is 4.88. The van der Waals surface area contributed by atoms with Crippen LogP contribution in [0.5, 0.6) is 0 Å². The van der Waals surface area contributed by atoms with Crippen molar-refractivity contribution in [2.45, 2.75) is 6.92 Å². The van der Waals surface area contributed by atoms with Crippen molar-refractivity contribution in [1.29, 1.82) is 0 Å². The number of nitrogens with one attached hydrogen (secondary N) is 2. The third kappa shape index (κ3) is 5.03. The molecule has 23 heavy (non-hydrogen) atoms. The second-order valence-corrected chi connectivity index (χ2v) is 4.75. The van der Waals surface area contributed by atoms with Gasteiger partial charge in [0, 0.05) is 18.7 Å². The topological polar surface area (TPSA) is 58.2 Å². The molecule has 0 saturated carbocycles. The molecule has 0 saturated heterocycles. The Morgan fingerprint density at radius 3 is 2.35 bits per heavy atom. The van der Waals surface area contributed by atoms with Gasteiger partial charge in [-0.3, -0.25) is 9.59 Å². The highest BCUT2D eigenvalue weighted by atomic mass is 19.1. The van der Waals surface area contributed by atoms with E-state index in [1.165, 1.54) is 55.5 Å². The Hall–Kier alpha value is -3.02. The van der Waals surface area contributed by atoms with E-state index in [0.29, 0.717) is 11.3 Å². The van der Waals surface area contributed by atoms with Crippen LogP contribution in [0.3, 0.4) is 0 Å². The van der Waals surface area contributed by atoms with E-state index in [2.05, 4.69) is 10.6 Å². The molecule has 0 atom stereocenters. The molecule has 4 nitrogen and oxygen atoms in total. The maximum Gasteiger partial charge on any atom is 0.248 e.